The minimum absolute atomic E-state index is 0.0282. The largest absolute Gasteiger partial charge is 0.511 e. The zero-order valence-corrected chi connectivity index (χ0v) is 11.0. The lowest BCUT2D eigenvalue weighted by molar-refractivity contribution is -0.0761. The van der Waals surface area contributed by atoms with Crippen molar-refractivity contribution in [2.24, 2.45) is 0 Å². The van der Waals surface area contributed by atoms with E-state index < -0.39 is 6.16 Å². The molecule has 0 bridgehead atoms. The molecule has 1 unspecified atom stereocenters. The molecule has 1 saturated heterocycles. The topological polar surface area (TPSA) is 91.2 Å². The number of carbonyl (C=O) groups excluding carboxylic acids is 1. The first-order chi connectivity index (χ1) is 9.11. The highest BCUT2D eigenvalue weighted by atomic mass is 17.0. The van der Waals surface area contributed by atoms with Crippen LogP contribution >= 0.6 is 0 Å². The zero-order chi connectivity index (χ0) is 13.8. The Hall–Kier alpha value is -1.77. The highest BCUT2D eigenvalue weighted by molar-refractivity contribution is 5.59. The third kappa shape index (κ3) is 3.60. The maximum absolute atomic E-state index is 11.1. The van der Waals surface area contributed by atoms with E-state index in [2.05, 4.69) is 4.74 Å². The van der Waals surface area contributed by atoms with Crippen molar-refractivity contribution >= 4 is 6.16 Å². The molecule has 9 heteroatoms. The van der Waals surface area contributed by atoms with Crippen molar-refractivity contribution in [2.75, 3.05) is 25.0 Å². The van der Waals surface area contributed by atoms with Crippen molar-refractivity contribution in [3.8, 4) is 0 Å². The van der Waals surface area contributed by atoms with Gasteiger partial charge in [0.15, 0.2) is 0 Å². The molecule has 1 aromatic rings. The van der Waals surface area contributed by atoms with Gasteiger partial charge < -0.3 is 19.4 Å². The maximum Gasteiger partial charge on any atom is 0.511 e. The molecule has 19 heavy (non-hydrogen) atoms. The van der Waals surface area contributed by atoms with Gasteiger partial charge in [-0.15, -0.1) is 0 Å². The third-order valence-corrected chi connectivity index (χ3v) is 2.71. The fraction of sp³-hybridized carbons (Fsp3) is 0.900. The molecule has 1 aromatic heterocycles. The Bertz CT molecular complexity index is 395. The SMILES string of the molecule is CC(C)OC(=O)OCOn1on1N1CCCC1CO. The molecule has 0 spiro atoms. The summed E-state index contributed by atoms with van der Waals surface area (Å²) < 4.78 is 14.4. The van der Waals surface area contributed by atoms with Crippen LogP contribution in [0.3, 0.4) is 0 Å². The third-order valence-electron chi connectivity index (χ3n) is 2.71. The normalized spacial score (nSPS) is 19.2. The lowest BCUT2D eigenvalue weighted by Crippen LogP contribution is -2.39. The van der Waals surface area contributed by atoms with Crippen LogP contribution in [0.1, 0.15) is 26.7 Å². The molecule has 0 aliphatic carbocycles. The molecule has 0 aromatic carbocycles. The number of nitrogens with zero attached hydrogens (tertiary/aromatic N) is 3. The predicted octanol–water partition coefficient (Wildman–Crippen LogP) is -0.0770. The van der Waals surface area contributed by atoms with Gasteiger partial charge in [-0.1, -0.05) is 0 Å². The number of aliphatic hydroxyl groups is 1. The van der Waals surface area contributed by atoms with E-state index in [1.54, 1.807) is 13.8 Å². The lowest BCUT2D eigenvalue weighted by atomic mass is 10.2. The van der Waals surface area contributed by atoms with Crippen molar-refractivity contribution in [3.63, 3.8) is 0 Å². The molecule has 1 N–H and O–H groups in total. The fourth-order valence-corrected chi connectivity index (χ4v) is 1.84. The summed E-state index contributed by atoms with van der Waals surface area (Å²) in [5, 5.41) is 12.1. The van der Waals surface area contributed by atoms with Crippen molar-refractivity contribution in [1.82, 2.24) is 9.98 Å². The number of rotatable bonds is 6. The highest BCUT2D eigenvalue weighted by Gasteiger charge is 2.31. The maximum atomic E-state index is 11.1. The van der Waals surface area contributed by atoms with Crippen LogP contribution in [0.5, 0.6) is 0 Å². The highest BCUT2D eigenvalue weighted by Crippen LogP contribution is 2.16. The van der Waals surface area contributed by atoms with Crippen LogP contribution in [0.2, 0.25) is 0 Å². The van der Waals surface area contributed by atoms with Gasteiger partial charge >= 0.3 is 6.16 Å². The molecular weight excluding hydrogens is 258 g/mol. The summed E-state index contributed by atoms with van der Waals surface area (Å²) in [5.41, 5.74) is 0. The van der Waals surface area contributed by atoms with Crippen LogP contribution < -0.4 is 9.85 Å². The molecule has 2 rings (SSSR count). The van der Waals surface area contributed by atoms with Gasteiger partial charge in [0, 0.05) is 6.54 Å². The second-order valence-corrected chi connectivity index (χ2v) is 4.52. The first-order valence-corrected chi connectivity index (χ1v) is 6.23. The van der Waals surface area contributed by atoms with Crippen LogP contribution in [-0.4, -0.2) is 53.3 Å². The molecule has 110 valence electrons. The van der Waals surface area contributed by atoms with E-state index >= 15 is 0 Å². The van der Waals surface area contributed by atoms with E-state index in [9.17, 15) is 4.79 Å². The molecule has 1 atom stereocenters. The van der Waals surface area contributed by atoms with Gasteiger partial charge in [0.2, 0.25) is 0 Å². The second-order valence-electron chi connectivity index (χ2n) is 4.52. The molecule has 1 fully saturated rings. The molecule has 1 aliphatic rings. The van der Waals surface area contributed by atoms with Gasteiger partial charge in [0.1, 0.15) is 5.02 Å². The standard InChI is InChI=1S/C10H19N3O6/c1-8(2)18-10(15)16-7-17-13-12(19-13)11-5-3-4-9(11)6-14/h8-9,14H,3-7H2,1-2H3. The van der Waals surface area contributed by atoms with Gasteiger partial charge in [-0.25, -0.2) is 4.79 Å². The Morgan fingerprint density at radius 3 is 3.00 bits per heavy atom. The van der Waals surface area contributed by atoms with Gasteiger partial charge in [-0.2, -0.15) is 4.63 Å². The number of hydrogen-bond acceptors (Lipinski definition) is 7. The molecule has 9 nitrogen and oxygen atoms in total. The van der Waals surface area contributed by atoms with E-state index in [4.69, 9.17) is 19.3 Å². The van der Waals surface area contributed by atoms with E-state index in [1.807, 2.05) is 5.01 Å². The first kappa shape index (κ1) is 13.7. The number of hydrogen-bond donors (Lipinski definition) is 1. The van der Waals surface area contributed by atoms with Crippen LogP contribution in [-0.2, 0) is 9.47 Å². The Kier molecular flexibility index (Phi) is 4.25. The van der Waals surface area contributed by atoms with E-state index in [1.165, 1.54) is 4.96 Å². The first-order valence-electron chi connectivity index (χ1n) is 6.23. The zero-order valence-electron chi connectivity index (χ0n) is 11.0. The number of ether oxygens (including phenoxy) is 2. The fourth-order valence-electron chi connectivity index (χ4n) is 1.84. The Balaban J connectivity index is 1.68. The molecule has 2 heterocycles. The van der Waals surface area contributed by atoms with Crippen molar-refractivity contribution in [3.05, 3.63) is 0 Å². The smallest absolute Gasteiger partial charge is 0.431 e. The van der Waals surface area contributed by atoms with E-state index in [-0.39, 0.29) is 25.5 Å². The van der Waals surface area contributed by atoms with Crippen LogP contribution in [0, 0.1) is 0 Å². The second kappa shape index (κ2) is 5.91. The predicted molar refractivity (Wildman–Crippen MR) is 62.0 cm³/mol. The quantitative estimate of drug-likeness (QED) is 0.574. The summed E-state index contributed by atoms with van der Waals surface area (Å²) in [6.45, 7) is 3.98. The average molecular weight is 277 g/mol. The monoisotopic (exact) mass is 277 g/mol. The van der Waals surface area contributed by atoms with Crippen molar-refractivity contribution in [2.45, 2.75) is 38.8 Å². The number of carbonyl (C=O) groups is 1. The number of aliphatic hydroxyl groups excluding tert-OH is 1. The summed E-state index contributed by atoms with van der Waals surface area (Å²) in [6.07, 6.45) is 0.853. The molecule has 1 aliphatic heterocycles. The van der Waals surface area contributed by atoms with Crippen molar-refractivity contribution in [1.29, 1.82) is 0 Å². The molecular formula is C10H19N3O6. The Morgan fingerprint density at radius 1 is 1.53 bits per heavy atom. The molecule has 0 radical (unpaired) electrons. The van der Waals surface area contributed by atoms with Gasteiger partial charge in [0.05, 0.1) is 23.7 Å². The van der Waals surface area contributed by atoms with Crippen LogP contribution in [0.25, 0.3) is 0 Å². The minimum atomic E-state index is -0.794. The Morgan fingerprint density at radius 2 is 2.32 bits per heavy atom. The van der Waals surface area contributed by atoms with Crippen molar-refractivity contribution < 1.29 is 28.8 Å². The average Bonchev–Trinajstić information content (AvgIpc) is 2.95. The van der Waals surface area contributed by atoms with E-state index in [0.29, 0.717) is 0 Å². The minimum Gasteiger partial charge on any atom is -0.431 e. The summed E-state index contributed by atoms with van der Waals surface area (Å²) in [6, 6.07) is 0.0282. The summed E-state index contributed by atoms with van der Waals surface area (Å²) in [5.74, 6) is 0. The van der Waals surface area contributed by atoms with Gasteiger partial charge in [-0.3, -0.25) is 5.01 Å². The lowest BCUT2D eigenvalue weighted by Gasteiger charge is -2.16. The van der Waals surface area contributed by atoms with Crippen LogP contribution in [0.15, 0.2) is 4.63 Å². The number of aromatic nitrogens is 2. The Labute approximate surface area is 110 Å². The van der Waals surface area contributed by atoms with Gasteiger partial charge in [0.25, 0.3) is 6.79 Å². The van der Waals surface area contributed by atoms with E-state index in [0.717, 1.165) is 24.4 Å². The molecule has 0 amide bonds. The summed E-state index contributed by atoms with van der Waals surface area (Å²) >= 11 is 0. The van der Waals surface area contributed by atoms with Gasteiger partial charge in [-0.05, 0) is 26.7 Å². The summed E-state index contributed by atoms with van der Waals surface area (Å²) in [7, 11) is 0. The molecule has 0 saturated carbocycles. The summed E-state index contributed by atoms with van der Waals surface area (Å²) in [4.78, 5) is 17.4. The van der Waals surface area contributed by atoms with Crippen LogP contribution in [0.4, 0.5) is 4.79 Å².